The van der Waals surface area contributed by atoms with Gasteiger partial charge in [0, 0.05) is 5.41 Å². The van der Waals surface area contributed by atoms with Crippen LogP contribution < -0.4 is 5.32 Å². The zero-order chi connectivity index (χ0) is 6.91. The van der Waals surface area contributed by atoms with Gasteiger partial charge in [0.15, 0.2) is 5.78 Å². The summed E-state index contributed by atoms with van der Waals surface area (Å²) in [6.07, 6.45) is 3.72. The molecule has 1 N–H and O–H groups in total. The summed E-state index contributed by atoms with van der Waals surface area (Å²) in [5.41, 5.74) is -0.245. The fraction of sp³-hybridized carbons (Fsp3) is 0.571. The van der Waals surface area contributed by atoms with Gasteiger partial charge in [0.25, 0.3) is 0 Å². The minimum absolute atomic E-state index is 0.245. The van der Waals surface area contributed by atoms with E-state index in [1.807, 2.05) is 26.1 Å². The molecule has 1 heterocycles. The van der Waals surface area contributed by atoms with Crippen LogP contribution in [-0.2, 0) is 4.79 Å². The van der Waals surface area contributed by atoms with Crippen LogP contribution in [0.5, 0.6) is 0 Å². The first-order valence-corrected chi connectivity index (χ1v) is 3.07. The SMILES string of the molecule is CC1(C)C=CNCC1=O. The summed E-state index contributed by atoms with van der Waals surface area (Å²) in [6.45, 7) is 4.32. The Labute approximate surface area is 54.9 Å². The second-order valence-corrected chi connectivity index (χ2v) is 2.86. The average molecular weight is 125 g/mol. The summed E-state index contributed by atoms with van der Waals surface area (Å²) in [7, 11) is 0. The molecule has 1 aliphatic heterocycles. The zero-order valence-corrected chi connectivity index (χ0v) is 5.77. The molecule has 0 unspecified atom stereocenters. The number of rotatable bonds is 0. The van der Waals surface area contributed by atoms with Crippen LogP contribution in [0.2, 0.25) is 0 Å². The van der Waals surface area contributed by atoms with E-state index in [9.17, 15) is 4.79 Å². The highest BCUT2D eigenvalue weighted by molar-refractivity contribution is 5.88. The summed E-state index contributed by atoms with van der Waals surface area (Å²) in [5, 5.41) is 2.86. The third kappa shape index (κ3) is 1.12. The van der Waals surface area contributed by atoms with Crippen LogP contribution >= 0.6 is 0 Å². The number of allylic oxidation sites excluding steroid dienone is 1. The Hall–Kier alpha value is -0.790. The lowest BCUT2D eigenvalue weighted by molar-refractivity contribution is -0.124. The molecule has 0 aromatic heterocycles. The maximum atomic E-state index is 11.0. The maximum Gasteiger partial charge on any atom is 0.161 e. The molecule has 50 valence electrons. The smallest absolute Gasteiger partial charge is 0.161 e. The molecule has 0 amide bonds. The van der Waals surface area contributed by atoms with E-state index in [2.05, 4.69) is 5.32 Å². The molecule has 0 atom stereocenters. The van der Waals surface area contributed by atoms with E-state index in [1.165, 1.54) is 0 Å². The molecule has 0 radical (unpaired) electrons. The minimum atomic E-state index is -0.245. The molecule has 0 fully saturated rings. The number of carbonyl (C=O) groups excluding carboxylic acids is 1. The van der Waals surface area contributed by atoms with E-state index < -0.39 is 0 Å². The van der Waals surface area contributed by atoms with Gasteiger partial charge in [-0.1, -0.05) is 6.08 Å². The van der Waals surface area contributed by atoms with Gasteiger partial charge in [-0.25, -0.2) is 0 Å². The van der Waals surface area contributed by atoms with Crippen LogP contribution in [0, 0.1) is 5.41 Å². The van der Waals surface area contributed by atoms with Crippen LogP contribution in [0.1, 0.15) is 13.8 Å². The highest BCUT2D eigenvalue weighted by Crippen LogP contribution is 2.19. The summed E-state index contributed by atoms with van der Waals surface area (Å²) < 4.78 is 0. The molecular weight excluding hydrogens is 114 g/mol. The lowest BCUT2D eigenvalue weighted by atomic mass is 9.86. The van der Waals surface area contributed by atoms with Crippen molar-refractivity contribution in [1.29, 1.82) is 0 Å². The van der Waals surface area contributed by atoms with E-state index in [-0.39, 0.29) is 11.2 Å². The summed E-state index contributed by atoms with van der Waals surface area (Å²) in [5.74, 6) is 0.255. The van der Waals surface area contributed by atoms with Crippen molar-refractivity contribution < 1.29 is 4.79 Å². The second-order valence-electron chi connectivity index (χ2n) is 2.86. The van der Waals surface area contributed by atoms with Gasteiger partial charge in [-0.05, 0) is 20.0 Å². The molecule has 2 heteroatoms. The lowest BCUT2D eigenvalue weighted by Gasteiger charge is -2.22. The molecule has 0 aliphatic carbocycles. The van der Waals surface area contributed by atoms with Gasteiger partial charge in [-0.3, -0.25) is 4.79 Å². The first-order valence-electron chi connectivity index (χ1n) is 3.07. The number of hydrogen-bond donors (Lipinski definition) is 1. The molecule has 0 saturated heterocycles. The standard InChI is InChI=1S/C7H11NO/c1-7(2)3-4-8-5-6(7)9/h3-4,8H,5H2,1-2H3. The Morgan fingerprint density at radius 2 is 2.33 bits per heavy atom. The molecule has 0 aromatic rings. The first-order chi connectivity index (χ1) is 4.13. The largest absolute Gasteiger partial charge is 0.384 e. The van der Waals surface area contributed by atoms with Crippen LogP contribution in [0.3, 0.4) is 0 Å². The van der Waals surface area contributed by atoms with Gasteiger partial charge in [0.2, 0.25) is 0 Å². The monoisotopic (exact) mass is 125 g/mol. The van der Waals surface area contributed by atoms with Gasteiger partial charge < -0.3 is 5.32 Å². The van der Waals surface area contributed by atoms with Gasteiger partial charge in [0.05, 0.1) is 6.54 Å². The van der Waals surface area contributed by atoms with Gasteiger partial charge in [-0.2, -0.15) is 0 Å². The number of carbonyl (C=O) groups is 1. The predicted molar refractivity (Wildman–Crippen MR) is 35.9 cm³/mol. The van der Waals surface area contributed by atoms with Crippen molar-refractivity contribution in [3.63, 3.8) is 0 Å². The average Bonchev–Trinajstić information content (AvgIpc) is 1.77. The van der Waals surface area contributed by atoms with Crippen molar-refractivity contribution in [3.8, 4) is 0 Å². The fourth-order valence-corrected chi connectivity index (χ4v) is 0.740. The van der Waals surface area contributed by atoms with Crippen molar-refractivity contribution >= 4 is 5.78 Å². The molecule has 1 rings (SSSR count). The second kappa shape index (κ2) is 1.87. The number of hydrogen-bond acceptors (Lipinski definition) is 2. The van der Waals surface area contributed by atoms with Gasteiger partial charge in [-0.15, -0.1) is 0 Å². The first kappa shape index (κ1) is 6.33. The molecule has 9 heavy (non-hydrogen) atoms. The van der Waals surface area contributed by atoms with Gasteiger partial charge >= 0.3 is 0 Å². The maximum absolute atomic E-state index is 11.0. The Bertz CT molecular complexity index is 158. The molecule has 1 aliphatic rings. The summed E-state index contributed by atoms with van der Waals surface area (Å²) >= 11 is 0. The molecule has 0 aromatic carbocycles. The minimum Gasteiger partial charge on any atom is -0.384 e. The van der Waals surface area contributed by atoms with Crippen molar-refractivity contribution in [3.05, 3.63) is 12.3 Å². The highest BCUT2D eigenvalue weighted by Gasteiger charge is 2.25. The quantitative estimate of drug-likeness (QED) is 0.516. The Morgan fingerprint density at radius 1 is 1.67 bits per heavy atom. The summed E-state index contributed by atoms with van der Waals surface area (Å²) in [4.78, 5) is 11.0. The molecule has 0 bridgehead atoms. The summed E-state index contributed by atoms with van der Waals surface area (Å²) in [6, 6.07) is 0. The van der Waals surface area contributed by atoms with E-state index in [0.29, 0.717) is 6.54 Å². The van der Waals surface area contributed by atoms with Gasteiger partial charge in [0.1, 0.15) is 0 Å². The van der Waals surface area contributed by atoms with Crippen LogP contribution in [-0.4, -0.2) is 12.3 Å². The Morgan fingerprint density at radius 3 is 2.67 bits per heavy atom. The third-order valence-corrected chi connectivity index (χ3v) is 1.60. The van der Waals surface area contributed by atoms with Crippen molar-refractivity contribution in [1.82, 2.24) is 5.32 Å². The molecule has 0 saturated carbocycles. The van der Waals surface area contributed by atoms with Crippen molar-refractivity contribution in [2.24, 2.45) is 5.41 Å². The number of nitrogens with one attached hydrogen (secondary N) is 1. The molecule has 0 spiro atoms. The lowest BCUT2D eigenvalue weighted by Crippen LogP contribution is -2.34. The zero-order valence-electron chi connectivity index (χ0n) is 5.77. The normalized spacial score (nSPS) is 23.6. The van der Waals surface area contributed by atoms with Crippen LogP contribution in [0.25, 0.3) is 0 Å². The number of ketones is 1. The molecular formula is C7H11NO. The Kier molecular flexibility index (Phi) is 1.31. The van der Waals surface area contributed by atoms with Crippen molar-refractivity contribution in [2.75, 3.05) is 6.54 Å². The topological polar surface area (TPSA) is 29.1 Å². The fourth-order valence-electron chi connectivity index (χ4n) is 0.740. The third-order valence-electron chi connectivity index (χ3n) is 1.60. The van der Waals surface area contributed by atoms with E-state index in [4.69, 9.17) is 0 Å². The van der Waals surface area contributed by atoms with E-state index >= 15 is 0 Å². The van der Waals surface area contributed by atoms with Crippen LogP contribution in [0.4, 0.5) is 0 Å². The molecule has 2 nitrogen and oxygen atoms in total. The Balaban J connectivity index is 2.81. The van der Waals surface area contributed by atoms with Crippen molar-refractivity contribution in [2.45, 2.75) is 13.8 Å². The van der Waals surface area contributed by atoms with E-state index in [1.54, 1.807) is 0 Å². The van der Waals surface area contributed by atoms with Crippen LogP contribution in [0.15, 0.2) is 12.3 Å². The number of Topliss-reactive ketones (excluding diaryl/α,β-unsaturated/α-hetero) is 1. The van der Waals surface area contributed by atoms with E-state index in [0.717, 1.165) is 0 Å². The highest BCUT2D eigenvalue weighted by atomic mass is 16.1. The predicted octanol–water partition coefficient (Wildman–Crippen LogP) is 0.699.